The smallest absolute Gasteiger partial charge is 0.326 e. The minimum absolute atomic E-state index is 0.102. The summed E-state index contributed by atoms with van der Waals surface area (Å²) in [6.45, 7) is 16.3. The van der Waals surface area contributed by atoms with Gasteiger partial charge in [-0.3, -0.25) is 0 Å². The first-order valence-electron chi connectivity index (χ1n) is 11.4. The Morgan fingerprint density at radius 3 is 0.889 bits per heavy atom. The summed E-state index contributed by atoms with van der Waals surface area (Å²) in [7, 11) is 0. The Bertz CT molecular complexity index is 836. The quantitative estimate of drug-likeness (QED) is 0.184. The summed E-state index contributed by atoms with van der Waals surface area (Å²) < 4.78 is 32.7. The van der Waals surface area contributed by atoms with Crippen LogP contribution in [-0.4, -0.2) is 69.5 Å². The molecule has 12 nitrogen and oxygen atoms in total. The van der Waals surface area contributed by atoms with Crippen molar-refractivity contribution >= 4 is 0 Å². The van der Waals surface area contributed by atoms with Gasteiger partial charge in [-0.2, -0.15) is 0 Å². The molecule has 0 saturated heterocycles. The highest BCUT2D eigenvalue weighted by atomic mass is 16.5. The van der Waals surface area contributed by atoms with Crippen LogP contribution in [0.2, 0.25) is 0 Å². The summed E-state index contributed by atoms with van der Waals surface area (Å²) in [6, 6.07) is 0.669. The summed E-state index contributed by atoms with van der Waals surface area (Å²) in [5, 5.41) is 0. The topological polar surface area (TPSA) is 133 Å². The van der Waals surface area contributed by atoms with Crippen molar-refractivity contribution < 1.29 is 28.4 Å². The van der Waals surface area contributed by atoms with Gasteiger partial charge in [0.05, 0.1) is 13.2 Å². The van der Waals surface area contributed by atoms with E-state index in [1.807, 2.05) is 0 Å². The zero-order valence-corrected chi connectivity index (χ0v) is 20.3. The monoisotopic (exact) mass is 500 g/mol. The van der Waals surface area contributed by atoms with Crippen LogP contribution in [0.1, 0.15) is 25.7 Å². The van der Waals surface area contributed by atoms with Gasteiger partial charge in [0, 0.05) is 0 Å². The van der Waals surface area contributed by atoms with E-state index in [-0.39, 0.29) is 62.5 Å². The highest BCUT2D eigenvalue weighted by Gasteiger charge is 2.11. The lowest BCUT2D eigenvalue weighted by molar-refractivity contribution is 0.240. The van der Waals surface area contributed by atoms with Gasteiger partial charge in [-0.25, -0.2) is 0 Å². The predicted octanol–water partition coefficient (Wildman–Crippen LogP) is 3.33. The van der Waals surface area contributed by atoms with Crippen LogP contribution in [-0.2, 0) is 0 Å². The number of unbranched alkanes of at least 4 members (excludes halogenated alkanes) is 3. The minimum atomic E-state index is 0.102. The third-order valence-corrected chi connectivity index (χ3v) is 3.97. The number of hydrogen-bond donors (Lipinski definition) is 0. The summed E-state index contributed by atoms with van der Waals surface area (Å²) in [6.07, 6.45) is 9.76. The molecule has 2 aromatic heterocycles. The molecule has 2 rings (SSSR count). The van der Waals surface area contributed by atoms with Gasteiger partial charge in [-0.1, -0.05) is 50.6 Å². The second kappa shape index (κ2) is 17.2. The van der Waals surface area contributed by atoms with Crippen LogP contribution in [0.4, 0.5) is 0 Å². The van der Waals surface area contributed by atoms with Crippen LogP contribution >= 0.6 is 0 Å². The molecule has 0 bridgehead atoms. The van der Waals surface area contributed by atoms with E-state index in [0.29, 0.717) is 13.2 Å². The van der Waals surface area contributed by atoms with Crippen LogP contribution in [0.5, 0.6) is 36.1 Å². The molecule has 0 amide bonds. The molecule has 2 heterocycles. The van der Waals surface area contributed by atoms with Gasteiger partial charge >= 0.3 is 36.1 Å². The fourth-order valence-electron chi connectivity index (χ4n) is 2.45. The molecule has 36 heavy (non-hydrogen) atoms. The second-order valence-corrected chi connectivity index (χ2v) is 6.88. The Morgan fingerprint density at radius 2 is 0.639 bits per heavy atom. The van der Waals surface area contributed by atoms with Gasteiger partial charge in [0.15, 0.2) is 0 Å². The van der Waals surface area contributed by atoms with Crippen LogP contribution in [0.15, 0.2) is 50.6 Å². The maximum atomic E-state index is 5.64. The minimum Gasteiger partial charge on any atom is -0.463 e. The van der Waals surface area contributed by atoms with Crippen molar-refractivity contribution in [3.8, 4) is 36.1 Å². The van der Waals surface area contributed by atoms with Crippen molar-refractivity contribution in [2.24, 2.45) is 0 Å². The Balaban J connectivity index is 1.73. The summed E-state index contributed by atoms with van der Waals surface area (Å²) in [5.41, 5.74) is 0. The second-order valence-electron chi connectivity index (χ2n) is 6.88. The largest absolute Gasteiger partial charge is 0.463 e. The molecule has 0 saturated carbocycles. The van der Waals surface area contributed by atoms with Crippen molar-refractivity contribution in [3.63, 3.8) is 0 Å². The summed E-state index contributed by atoms with van der Waals surface area (Å²) >= 11 is 0. The maximum Gasteiger partial charge on any atom is 0.326 e. The van der Waals surface area contributed by atoms with E-state index in [0.717, 1.165) is 25.7 Å². The molecular weight excluding hydrogens is 468 g/mol. The normalized spacial score (nSPS) is 10.1. The van der Waals surface area contributed by atoms with Gasteiger partial charge in [-0.05, 0) is 25.7 Å². The molecule has 0 aliphatic carbocycles. The Kier molecular flexibility index (Phi) is 13.4. The van der Waals surface area contributed by atoms with Crippen LogP contribution in [0, 0.1) is 0 Å². The Labute approximate surface area is 210 Å². The third-order valence-electron chi connectivity index (χ3n) is 3.97. The molecule has 0 aliphatic heterocycles. The zero-order chi connectivity index (χ0) is 25.8. The molecule has 0 fully saturated rings. The Morgan fingerprint density at radius 1 is 0.389 bits per heavy atom. The molecular formula is C24H32N6O6. The lowest BCUT2D eigenvalue weighted by Gasteiger charge is -2.09. The highest BCUT2D eigenvalue weighted by molar-refractivity contribution is 5.10. The standard InChI is InChI=1S/C24H32N6O6/c1-5-13-31-19-25-20(32-14-6-2)28-23(27-19)35-17-11-9-10-12-18-36-24-29-21(33-15-7-3)26-22(30-24)34-16-8-4/h5-8H,1-4,9-18H2. The fraction of sp³-hybridized carbons (Fsp3) is 0.417. The molecule has 0 radical (unpaired) electrons. The van der Waals surface area contributed by atoms with Crippen molar-refractivity contribution in [3.05, 3.63) is 50.6 Å². The molecule has 2 aromatic rings. The lowest BCUT2D eigenvalue weighted by Crippen LogP contribution is -2.09. The number of ether oxygens (including phenoxy) is 6. The SMILES string of the molecule is C=CCOc1nc(OCC=C)nc(OCCCCCCOc2nc(OCC=C)nc(OCC=C)n2)n1. The molecule has 0 aliphatic rings. The molecule has 12 heteroatoms. The zero-order valence-electron chi connectivity index (χ0n) is 20.3. The number of hydrogen-bond acceptors (Lipinski definition) is 12. The molecule has 0 atom stereocenters. The summed E-state index contributed by atoms with van der Waals surface area (Å²) in [4.78, 5) is 24.6. The van der Waals surface area contributed by atoms with E-state index in [4.69, 9.17) is 28.4 Å². The van der Waals surface area contributed by atoms with Crippen LogP contribution < -0.4 is 28.4 Å². The van der Waals surface area contributed by atoms with Crippen molar-refractivity contribution in [2.75, 3.05) is 39.6 Å². The van der Waals surface area contributed by atoms with E-state index in [2.05, 4.69) is 56.2 Å². The van der Waals surface area contributed by atoms with E-state index >= 15 is 0 Å². The predicted molar refractivity (Wildman–Crippen MR) is 132 cm³/mol. The third kappa shape index (κ3) is 11.3. The van der Waals surface area contributed by atoms with Crippen molar-refractivity contribution in [1.29, 1.82) is 0 Å². The average Bonchev–Trinajstić information content (AvgIpc) is 2.89. The highest BCUT2D eigenvalue weighted by Crippen LogP contribution is 2.17. The van der Waals surface area contributed by atoms with E-state index in [9.17, 15) is 0 Å². The van der Waals surface area contributed by atoms with Gasteiger partial charge in [-0.15, -0.1) is 29.9 Å². The molecule has 0 aromatic carbocycles. The summed E-state index contributed by atoms with van der Waals surface area (Å²) in [5.74, 6) is 0. The maximum absolute atomic E-state index is 5.64. The van der Waals surface area contributed by atoms with Gasteiger partial charge in [0.1, 0.15) is 26.4 Å². The fourth-order valence-corrected chi connectivity index (χ4v) is 2.45. The molecule has 194 valence electrons. The van der Waals surface area contributed by atoms with Crippen molar-refractivity contribution in [2.45, 2.75) is 25.7 Å². The van der Waals surface area contributed by atoms with Gasteiger partial charge < -0.3 is 28.4 Å². The first kappa shape index (κ1) is 28.0. The van der Waals surface area contributed by atoms with Crippen molar-refractivity contribution in [1.82, 2.24) is 29.9 Å². The van der Waals surface area contributed by atoms with Crippen LogP contribution in [0.25, 0.3) is 0 Å². The number of aromatic nitrogens is 6. The van der Waals surface area contributed by atoms with Gasteiger partial charge in [0.25, 0.3) is 0 Å². The van der Waals surface area contributed by atoms with Crippen LogP contribution in [0.3, 0.4) is 0 Å². The molecule has 0 unspecified atom stereocenters. The molecule has 0 spiro atoms. The first-order valence-corrected chi connectivity index (χ1v) is 11.4. The van der Waals surface area contributed by atoms with Gasteiger partial charge in [0.2, 0.25) is 0 Å². The number of rotatable bonds is 21. The van der Waals surface area contributed by atoms with E-state index in [1.165, 1.54) is 0 Å². The van der Waals surface area contributed by atoms with E-state index < -0.39 is 0 Å². The average molecular weight is 501 g/mol. The number of nitrogens with zero attached hydrogens (tertiary/aromatic N) is 6. The molecule has 0 N–H and O–H groups in total. The first-order chi connectivity index (χ1) is 17.7. The Hall–Kier alpha value is -4.22. The van der Waals surface area contributed by atoms with E-state index in [1.54, 1.807) is 24.3 Å². The lowest BCUT2D eigenvalue weighted by atomic mass is 10.2.